The molecule has 3 heteroatoms. The Labute approximate surface area is 106 Å². The molecule has 2 rings (SSSR count). The van der Waals surface area contributed by atoms with E-state index in [1.54, 1.807) is 0 Å². The molecule has 0 saturated carbocycles. The van der Waals surface area contributed by atoms with Crippen LogP contribution in [0.3, 0.4) is 0 Å². The normalized spacial score (nSPS) is 16.4. The van der Waals surface area contributed by atoms with Crippen molar-refractivity contribution >= 4 is 15.9 Å². The zero-order chi connectivity index (χ0) is 11.4. The van der Waals surface area contributed by atoms with Gasteiger partial charge in [0.2, 0.25) is 0 Å². The van der Waals surface area contributed by atoms with E-state index in [-0.39, 0.29) is 0 Å². The zero-order valence-corrected chi connectivity index (χ0v) is 11.3. The van der Waals surface area contributed by atoms with Gasteiger partial charge in [-0.15, -0.1) is 0 Å². The number of rotatable bonds is 5. The van der Waals surface area contributed by atoms with Crippen molar-refractivity contribution in [2.75, 3.05) is 26.7 Å². The fourth-order valence-corrected chi connectivity index (χ4v) is 2.43. The summed E-state index contributed by atoms with van der Waals surface area (Å²) in [4.78, 5) is 2.40. The summed E-state index contributed by atoms with van der Waals surface area (Å²) in [5.74, 6) is 0.907. The molecule has 2 nitrogen and oxygen atoms in total. The van der Waals surface area contributed by atoms with Gasteiger partial charge in [0.25, 0.3) is 0 Å². The summed E-state index contributed by atoms with van der Waals surface area (Å²) in [6.07, 6.45) is 1.32. The maximum absolute atomic E-state index is 3.51. The van der Waals surface area contributed by atoms with Crippen LogP contribution in [0.15, 0.2) is 28.7 Å². The van der Waals surface area contributed by atoms with E-state index in [1.807, 2.05) is 0 Å². The second-order valence-electron chi connectivity index (χ2n) is 4.68. The molecule has 1 aliphatic rings. The third kappa shape index (κ3) is 3.58. The van der Waals surface area contributed by atoms with Gasteiger partial charge in [-0.1, -0.05) is 28.1 Å². The van der Waals surface area contributed by atoms with Gasteiger partial charge in [-0.3, -0.25) is 0 Å². The van der Waals surface area contributed by atoms with E-state index < -0.39 is 0 Å². The highest BCUT2D eigenvalue weighted by Crippen LogP contribution is 2.14. The Kier molecular flexibility index (Phi) is 4.38. The zero-order valence-electron chi connectivity index (χ0n) is 9.75. The second kappa shape index (κ2) is 5.80. The van der Waals surface area contributed by atoms with E-state index in [2.05, 4.69) is 57.5 Å². The van der Waals surface area contributed by atoms with Gasteiger partial charge in [-0.05, 0) is 56.7 Å². The van der Waals surface area contributed by atoms with Crippen molar-refractivity contribution in [3.05, 3.63) is 34.3 Å². The Morgan fingerprint density at radius 3 is 2.88 bits per heavy atom. The molecule has 16 heavy (non-hydrogen) atoms. The van der Waals surface area contributed by atoms with Crippen LogP contribution in [0, 0.1) is 5.92 Å². The van der Waals surface area contributed by atoms with Gasteiger partial charge in [0, 0.05) is 11.0 Å². The van der Waals surface area contributed by atoms with Crippen molar-refractivity contribution in [2.45, 2.75) is 13.0 Å². The largest absolute Gasteiger partial charge is 0.316 e. The lowest BCUT2D eigenvalue weighted by Crippen LogP contribution is -2.43. The molecule has 0 radical (unpaired) electrons. The number of hydrogen-bond donors (Lipinski definition) is 1. The van der Waals surface area contributed by atoms with Gasteiger partial charge in [-0.25, -0.2) is 0 Å². The number of benzene rings is 1. The lowest BCUT2D eigenvalue weighted by atomic mass is 9.99. The van der Waals surface area contributed by atoms with Gasteiger partial charge < -0.3 is 10.2 Å². The molecule has 0 unspecified atom stereocenters. The van der Waals surface area contributed by atoms with Crippen LogP contribution in [-0.2, 0) is 6.54 Å². The highest BCUT2D eigenvalue weighted by Gasteiger charge is 2.16. The van der Waals surface area contributed by atoms with Crippen LogP contribution in [0.1, 0.15) is 12.0 Å². The molecule has 0 bridgehead atoms. The van der Waals surface area contributed by atoms with Gasteiger partial charge in [0.05, 0.1) is 0 Å². The monoisotopic (exact) mass is 282 g/mol. The predicted octanol–water partition coefficient (Wildman–Crippen LogP) is 2.49. The van der Waals surface area contributed by atoms with Crippen molar-refractivity contribution in [1.82, 2.24) is 10.2 Å². The molecule has 1 saturated heterocycles. The number of halogens is 1. The smallest absolute Gasteiger partial charge is 0.0231 e. The third-order valence-electron chi connectivity index (χ3n) is 3.13. The maximum atomic E-state index is 3.51. The van der Waals surface area contributed by atoms with Crippen LogP contribution in [0.2, 0.25) is 0 Å². The van der Waals surface area contributed by atoms with Gasteiger partial charge in [0.1, 0.15) is 0 Å². The summed E-state index contributed by atoms with van der Waals surface area (Å²) in [7, 11) is 2.20. The first-order valence-electron chi connectivity index (χ1n) is 5.88. The summed E-state index contributed by atoms with van der Waals surface area (Å²) in [5, 5.41) is 3.32. The first-order chi connectivity index (χ1) is 7.74. The summed E-state index contributed by atoms with van der Waals surface area (Å²) in [6, 6.07) is 8.56. The van der Waals surface area contributed by atoms with Gasteiger partial charge in [0.15, 0.2) is 0 Å². The van der Waals surface area contributed by atoms with Crippen molar-refractivity contribution in [3.8, 4) is 0 Å². The Morgan fingerprint density at radius 2 is 2.25 bits per heavy atom. The number of nitrogens with one attached hydrogen (secondary N) is 1. The van der Waals surface area contributed by atoms with Crippen LogP contribution in [-0.4, -0.2) is 31.6 Å². The first kappa shape index (κ1) is 12.1. The summed E-state index contributed by atoms with van der Waals surface area (Å²) < 4.78 is 1.17. The van der Waals surface area contributed by atoms with Gasteiger partial charge in [-0.2, -0.15) is 0 Å². The SMILES string of the molecule is CN(CCC1CNC1)Cc1cccc(Br)c1. The highest BCUT2D eigenvalue weighted by molar-refractivity contribution is 9.10. The molecule has 0 amide bonds. The van der Waals surface area contributed by atoms with E-state index in [1.165, 1.54) is 36.1 Å². The number of hydrogen-bond acceptors (Lipinski definition) is 2. The van der Waals surface area contributed by atoms with Crippen molar-refractivity contribution < 1.29 is 0 Å². The topological polar surface area (TPSA) is 15.3 Å². The Balaban J connectivity index is 1.75. The van der Waals surface area contributed by atoms with Gasteiger partial charge >= 0.3 is 0 Å². The number of nitrogens with zero attached hydrogens (tertiary/aromatic N) is 1. The molecule has 88 valence electrons. The first-order valence-corrected chi connectivity index (χ1v) is 6.67. The van der Waals surface area contributed by atoms with E-state index in [4.69, 9.17) is 0 Å². The fourth-order valence-electron chi connectivity index (χ4n) is 1.98. The van der Waals surface area contributed by atoms with Crippen LogP contribution < -0.4 is 5.32 Å². The van der Waals surface area contributed by atoms with Crippen LogP contribution >= 0.6 is 15.9 Å². The molecular formula is C13H19BrN2. The van der Waals surface area contributed by atoms with E-state index in [0.717, 1.165) is 12.5 Å². The molecule has 1 aromatic carbocycles. The van der Waals surface area contributed by atoms with E-state index >= 15 is 0 Å². The summed E-state index contributed by atoms with van der Waals surface area (Å²) >= 11 is 3.51. The lowest BCUT2D eigenvalue weighted by Gasteiger charge is -2.29. The fraction of sp³-hybridized carbons (Fsp3) is 0.538. The average Bonchev–Trinajstić information content (AvgIpc) is 2.15. The van der Waals surface area contributed by atoms with Crippen molar-refractivity contribution in [2.24, 2.45) is 5.92 Å². The Bertz CT molecular complexity index is 336. The second-order valence-corrected chi connectivity index (χ2v) is 5.60. The molecule has 1 fully saturated rings. The standard InChI is InChI=1S/C13H19BrN2/c1-16(6-5-12-8-15-9-12)10-11-3-2-4-13(14)7-11/h2-4,7,12,15H,5-6,8-10H2,1H3. The Morgan fingerprint density at radius 1 is 1.44 bits per heavy atom. The molecule has 1 aromatic rings. The van der Waals surface area contributed by atoms with E-state index in [0.29, 0.717) is 0 Å². The Hall–Kier alpha value is -0.380. The van der Waals surface area contributed by atoms with Crippen LogP contribution in [0.5, 0.6) is 0 Å². The van der Waals surface area contributed by atoms with Crippen LogP contribution in [0.25, 0.3) is 0 Å². The molecule has 0 atom stereocenters. The van der Waals surface area contributed by atoms with Crippen molar-refractivity contribution in [1.29, 1.82) is 0 Å². The molecule has 0 aromatic heterocycles. The quantitative estimate of drug-likeness (QED) is 0.893. The molecule has 0 aliphatic carbocycles. The van der Waals surface area contributed by atoms with Crippen molar-refractivity contribution in [3.63, 3.8) is 0 Å². The highest BCUT2D eigenvalue weighted by atomic mass is 79.9. The maximum Gasteiger partial charge on any atom is 0.0231 e. The molecule has 1 heterocycles. The predicted molar refractivity (Wildman–Crippen MR) is 71.5 cm³/mol. The minimum Gasteiger partial charge on any atom is -0.316 e. The summed E-state index contributed by atoms with van der Waals surface area (Å²) in [6.45, 7) is 4.66. The minimum absolute atomic E-state index is 0.907. The average molecular weight is 283 g/mol. The lowest BCUT2D eigenvalue weighted by molar-refractivity contribution is 0.252. The molecule has 1 N–H and O–H groups in total. The third-order valence-corrected chi connectivity index (χ3v) is 3.62. The van der Waals surface area contributed by atoms with Crippen LogP contribution in [0.4, 0.5) is 0 Å². The summed E-state index contributed by atoms with van der Waals surface area (Å²) in [5.41, 5.74) is 1.38. The van der Waals surface area contributed by atoms with E-state index in [9.17, 15) is 0 Å². The molecular weight excluding hydrogens is 264 g/mol. The minimum atomic E-state index is 0.907. The molecule has 0 spiro atoms. The molecule has 1 aliphatic heterocycles.